The lowest BCUT2D eigenvalue weighted by Crippen LogP contribution is -2.38. The third-order valence-electron chi connectivity index (χ3n) is 3.30. The number of hydrogen-bond acceptors (Lipinski definition) is 3. The third kappa shape index (κ3) is 4.67. The summed E-state index contributed by atoms with van der Waals surface area (Å²) in [6.07, 6.45) is 4.43. The summed E-state index contributed by atoms with van der Waals surface area (Å²) in [4.78, 5) is 26.5. The number of carbonyl (C=O) groups excluding carboxylic acids is 2. The lowest BCUT2D eigenvalue weighted by Gasteiger charge is -2.15. The molecule has 1 saturated heterocycles. The number of nitrogens with zero attached hydrogens (tertiary/aromatic N) is 1. The van der Waals surface area contributed by atoms with Crippen LogP contribution in [-0.2, 0) is 16.0 Å². The largest absolute Gasteiger partial charge is 0.347 e. The van der Waals surface area contributed by atoms with E-state index in [-0.39, 0.29) is 18.4 Å². The Kier molecular flexibility index (Phi) is 5.39. The quantitative estimate of drug-likeness (QED) is 0.864. The molecule has 0 aliphatic carbocycles. The van der Waals surface area contributed by atoms with Crippen LogP contribution in [0.15, 0.2) is 17.5 Å². The lowest BCUT2D eigenvalue weighted by molar-refractivity contribution is -0.132. The molecule has 2 rings (SSSR count). The zero-order valence-electron chi connectivity index (χ0n) is 11.1. The van der Waals surface area contributed by atoms with E-state index in [0.29, 0.717) is 6.42 Å². The predicted octanol–water partition coefficient (Wildman–Crippen LogP) is 1.81. The molecule has 19 heavy (non-hydrogen) atoms. The molecule has 0 aromatic carbocycles. The molecule has 0 atom stereocenters. The van der Waals surface area contributed by atoms with Crippen LogP contribution < -0.4 is 5.32 Å². The fraction of sp³-hybridized carbons (Fsp3) is 0.571. The van der Waals surface area contributed by atoms with Crippen LogP contribution in [0.25, 0.3) is 0 Å². The van der Waals surface area contributed by atoms with Gasteiger partial charge in [-0.2, -0.15) is 0 Å². The highest BCUT2D eigenvalue weighted by Crippen LogP contribution is 2.11. The van der Waals surface area contributed by atoms with Crippen LogP contribution >= 0.6 is 11.3 Å². The van der Waals surface area contributed by atoms with Gasteiger partial charge >= 0.3 is 0 Å². The van der Waals surface area contributed by atoms with Crippen LogP contribution in [0.1, 0.15) is 30.6 Å². The van der Waals surface area contributed by atoms with E-state index in [0.717, 1.165) is 38.8 Å². The van der Waals surface area contributed by atoms with Crippen molar-refractivity contribution in [3.05, 3.63) is 22.4 Å². The zero-order chi connectivity index (χ0) is 13.5. The highest BCUT2D eigenvalue weighted by molar-refractivity contribution is 7.09. The summed E-state index contributed by atoms with van der Waals surface area (Å²) >= 11 is 1.72. The maximum absolute atomic E-state index is 11.7. The number of thiophene rings is 1. The highest BCUT2D eigenvalue weighted by Gasteiger charge is 2.17. The van der Waals surface area contributed by atoms with Crippen molar-refractivity contribution in [3.63, 3.8) is 0 Å². The molecular weight excluding hydrogens is 260 g/mol. The van der Waals surface area contributed by atoms with Crippen LogP contribution in [-0.4, -0.2) is 36.3 Å². The number of likely N-dealkylation sites (tertiary alicyclic amines) is 1. The topological polar surface area (TPSA) is 49.4 Å². The Balaban J connectivity index is 1.57. The SMILES string of the molecule is O=C(CCCc1cccs1)NCC(=O)N1CCCC1. The molecule has 0 saturated carbocycles. The van der Waals surface area contributed by atoms with E-state index in [2.05, 4.69) is 11.4 Å². The van der Waals surface area contributed by atoms with E-state index < -0.39 is 0 Å². The van der Waals surface area contributed by atoms with Crippen LogP contribution in [0.2, 0.25) is 0 Å². The third-order valence-corrected chi connectivity index (χ3v) is 4.24. The molecule has 1 N–H and O–H groups in total. The number of hydrogen-bond donors (Lipinski definition) is 1. The molecule has 5 heteroatoms. The molecule has 0 radical (unpaired) electrons. The van der Waals surface area contributed by atoms with Crippen molar-refractivity contribution < 1.29 is 9.59 Å². The standard InChI is InChI=1S/C14H20N2O2S/c17-13(7-3-5-12-6-4-10-19-12)15-11-14(18)16-8-1-2-9-16/h4,6,10H,1-3,5,7-9,11H2,(H,15,17). The monoisotopic (exact) mass is 280 g/mol. The van der Waals surface area contributed by atoms with Crippen molar-refractivity contribution in [2.24, 2.45) is 0 Å². The zero-order valence-corrected chi connectivity index (χ0v) is 11.9. The van der Waals surface area contributed by atoms with Gasteiger partial charge in [-0.05, 0) is 37.1 Å². The van der Waals surface area contributed by atoms with Gasteiger partial charge < -0.3 is 10.2 Å². The first kappa shape index (κ1) is 14.1. The van der Waals surface area contributed by atoms with Crippen molar-refractivity contribution in [2.45, 2.75) is 32.1 Å². The minimum atomic E-state index is -0.0240. The first-order valence-corrected chi connectivity index (χ1v) is 7.70. The average molecular weight is 280 g/mol. The van der Waals surface area contributed by atoms with Gasteiger partial charge in [0.15, 0.2) is 0 Å². The molecule has 4 nitrogen and oxygen atoms in total. The molecule has 0 unspecified atom stereocenters. The lowest BCUT2D eigenvalue weighted by atomic mass is 10.2. The summed E-state index contributed by atoms with van der Waals surface area (Å²) in [5, 5.41) is 4.76. The van der Waals surface area contributed by atoms with Crippen molar-refractivity contribution in [2.75, 3.05) is 19.6 Å². The van der Waals surface area contributed by atoms with E-state index in [4.69, 9.17) is 0 Å². The Labute approximate surface area is 117 Å². The number of nitrogens with one attached hydrogen (secondary N) is 1. The molecule has 0 spiro atoms. The number of amides is 2. The van der Waals surface area contributed by atoms with Crippen molar-refractivity contribution in [1.29, 1.82) is 0 Å². The first-order valence-electron chi connectivity index (χ1n) is 6.82. The van der Waals surface area contributed by atoms with Gasteiger partial charge in [0.25, 0.3) is 0 Å². The molecule has 1 aromatic rings. The molecule has 1 aliphatic rings. The molecule has 2 heterocycles. The van der Waals surface area contributed by atoms with Gasteiger partial charge in [-0.15, -0.1) is 11.3 Å². The second-order valence-corrected chi connectivity index (χ2v) is 5.83. The Hall–Kier alpha value is -1.36. The van der Waals surface area contributed by atoms with Gasteiger partial charge in [0.2, 0.25) is 11.8 Å². The maximum atomic E-state index is 11.7. The number of carbonyl (C=O) groups is 2. The van der Waals surface area contributed by atoms with Gasteiger partial charge in [-0.25, -0.2) is 0 Å². The van der Waals surface area contributed by atoms with E-state index in [1.807, 2.05) is 16.3 Å². The minimum Gasteiger partial charge on any atom is -0.347 e. The predicted molar refractivity (Wildman–Crippen MR) is 76.1 cm³/mol. The molecule has 2 amide bonds. The van der Waals surface area contributed by atoms with Gasteiger partial charge in [0.1, 0.15) is 0 Å². The Morgan fingerprint density at radius 2 is 2.11 bits per heavy atom. The number of rotatable bonds is 6. The van der Waals surface area contributed by atoms with Crippen LogP contribution in [0, 0.1) is 0 Å². The summed E-state index contributed by atoms with van der Waals surface area (Å²) < 4.78 is 0. The van der Waals surface area contributed by atoms with Gasteiger partial charge in [-0.3, -0.25) is 9.59 Å². The fourth-order valence-corrected chi connectivity index (χ4v) is 2.97. The van der Waals surface area contributed by atoms with Crippen LogP contribution in [0.3, 0.4) is 0 Å². The van der Waals surface area contributed by atoms with Crippen molar-refractivity contribution >= 4 is 23.2 Å². The molecule has 1 aliphatic heterocycles. The molecule has 1 fully saturated rings. The van der Waals surface area contributed by atoms with E-state index in [1.54, 1.807) is 11.3 Å². The normalized spacial score (nSPS) is 14.6. The Morgan fingerprint density at radius 3 is 2.79 bits per heavy atom. The highest BCUT2D eigenvalue weighted by atomic mass is 32.1. The minimum absolute atomic E-state index is 0.0240. The molecule has 1 aromatic heterocycles. The molecule has 104 valence electrons. The summed E-state index contributed by atoms with van der Waals surface area (Å²) in [6, 6.07) is 4.11. The summed E-state index contributed by atoms with van der Waals surface area (Å²) in [7, 11) is 0. The van der Waals surface area contributed by atoms with Gasteiger partial charge in [0.05, 0.1) is 6.54 Å². The number of aryl methyl sites for hydroxylation is 1. The van der Waals surface area contributed by atoms with Gasteiger partial charge in [-0.1, -0.05) is 6.07 Å². The van der Waals surface area contributed by atoms with Crippen molar-refractivity contribution in [1.82, 2.24) is 10.2 Å². The van der Waals surface area contributed by atoms with E-state index in [9.17, 15) is 9.59 Å². The van der Waals surface area contributed by atoms with E-state index >= 15 is 0 Å². The summed E-state index contributed by atoms with van der Waals surface area (Å²) in [5.41, 5.74) is 0. The summed E-state index contributed by atoms with van der Waals surface area (Å²) in [6.45, 7) is 1.83. The smallest absolute Gasteiger partial charge is 0.241 e. The molecular formula is C14H20N2O2S. The van der Waals surface area contributed by atoms with E-state index in [1.165, 1.54) is 4.88 Å². The Morgan fingerprint density at radius 1 is 1.32 bits per heavy atom. The van der Waals surface area contributed by atoms with Gasteiger partial charge in [0, 0.05) is 24.4 Å². The van der Waals surface area contributed by atoms with Crippen LogP contribution in [0.5, 0.6) is 0 Å². The average Bonchev–Trinajstić information content (AvgIpc) is 3.08. The first-order chi connectivity index (χ1) is 9.25. The fourth-order valence-electron chi connectivity index (χ4n) is 2.22. The molecule has 0 bridgehead atoms. The van der Waals surface area contributed by atoms with Crippen molar-refractivity contribution in [3.8, 4) is 0 Å². The summed E-state index contributed by atoms with van der Waals surface area (Å²) in [5.74, 6) is 0.0215. The second-order valence-electron chi connectivity index (χ2n) is 4.80. The second kappa shape index (κ2) is 7.28. The van der Waals surface area contributed by atoms with Crippen LogP contribution in [0.4, 0.5) is 0 Å². The maximum Gasteiger partial charge on any atom is 0.241 e. The Bertz CT molecular complexity index is 411.